The van der Waals surface area contributed by atoms with Crippen LogP contribution in [0.4, 0.5) is 0 Å². The van der Waals surface area contributed by atoms with Crippen molar-refractivity contribution in [1.29, 1.82) is 0 Å². The number of hydrogen-bond acceptors (Lipinski definition) is 4. The molecule has 19 heavy (non-hydrogen) atoms. The quantitative estimate of drug-likeness (QED) is 0.454. The molecule has 0 aromatic rings. The molecule has 4 nitrogen and oxygen atoms in total. The molecule has 5 heteroatoms. The Kier molecular flexibility index (Phi) is 9.17. The molecule has 0 rings (SSSR count). The third-order valence-electron chi connectivity index (χ3n) is 3.05. The van der Waals surface area contributed by atoms with Crippen molar-refractivity contribution in [1.82, 2.24) is 0 Å². The second-order valence-electron chi connectivity index (χ2n) is 5.74. The number of aliphatic hydroxyl groups excluding tert-OH is 1. The maximum absolute atomic E-state index is 13.0. The molecule has 0 aliphatic rings. The smallest absolute Gasteiger partial charge is 0.336 e. The van der Waals surface area contributed by atoms with Crippen LogP contribution in [0.3, 0.4) is 0 Å². The SMILES string of the molecule is CCCCOP(=O)(OCCCC)C(C)(C)CC(C)O. The summed E-state index contributed by atoms with van der Waals surface area (Å²) in [6.07, 6.45) is 3.60. The normalized spacial score (nSPS) is 14.6. The molecule has 0 saturated carbocycles. The summed E-state index contributed by atoms with van der Waals surface area (Å²) >= 11 is 0. The lowest BCUT2D eigenvalue weighted by Crippen LogP contribution is -2.28. The highest BCUT2D eigenvalue weighted by atomic mass is 31.2. The maximum atomic E-state index is 13.0. The zero-order chi connectivity index (χ0) is 14.9. The first-order chi connectivity index (χ1) is 8.79. The van der Waals surface area contributed by atoms with Crippen molar-refractivity contribution >= 4 is 7.60 Å². The van der Waals surface area contributed by atoms with Crippen molar-refractivity contribution in [2.24, 2.45) is 0 Å². The van der Waals surface area contributed by atoms with Crippen LogP contribution in [-0.4, -0.2) is 29.6 Å². The fourth-order valence-electron chi connectivity index (χ4n) is 1.88. The molecule has 0 amide bonds. The summed E-state index contributed by atoms with van der Waals surface area (Å²) in [5.74, 6) is 0. The van der Waals surface area contributed by atoms with E-state index in [0.29, 0.717) is 19.6 Å². The highest BCUT2D eigenvalue weighted by molar-refractivity contribution is 7.55. The van der Waals surface area contributed by atoms with Crippen LogP contribution in [0.5, 0.6) is 0 Å². The highest BCUT2D eigenvalue weighted by Crippen LogP contribution is 2.61. The lowest BCUT2D eigenvalue weighted by atomic mass is 10.1. The van der Waals surface area contributed by atoms with Crippen molar-refractivity contribution in [3.05, 3.63) is 0 Å². The summed E-state index contributed by atoms with van der Waals surface area (Å²) in [4.78, 5) is 0. The van der Waals surface area contributed by atoms with E-state index in [4.69, 9.17) is 9.05 Å². The molecule has 0 fully saturated rings. The van der Waals surface area contributed by atoms with Gasteiger partial charge in [-0.2, -0.15) is 0 Å². The predicted molar refractivity (Wildman–Crippen MR) is 79.7 cm³/mol. The van der Waals surface area contributed by atoms with E-state index in [1.165, 1.54) is 0 Å². The maximum Gasteiger partial charge on any atom is 0.336 e. The summed E-state index contributed by atoms with van der Waals surface area (Å²) in [7, 11) is -3.20. The highest BCUT2D eigenvalue weighted by Gasteiger charge is 2.44. The second kappa shape index (κ2) is 9.12. The number of hydrogen-bond donors (Lipinski definition) is 1. The van der Waals surface area contributed by atoms with Gasteiger partial charge in [0.2, 0.25) is 0 Å². The van der Waals surface area contributed by atoms with Gasteiger partial charge in [-0.15, -0.1) is 0 Å². The van der Waals surface area contributed by atoms with Crippen molar-refractivity contribution < 1.29 is 18.7 Å². The summed E-state index contributed by atoms with van der Waals surface area (Å²) in [5.41, 5.74) is 0. The van der Waals surface area contributed by atoms with Gasteiger partial charge in [0, 0.05) is 0 Å². The van der Waals surface area contributed by atoms with Gasteiger partial charge < -0.3 is 14.2 Å². The number of rotatable bonds is 11. The van der Waals surface area contributed by atoms with Gasteiger partial charge in [0.15, 0.2) is 0 Å². The minimum Gasteiger partial charge on any atom is -0.393 e. The van der Waals surface area contributed by atoms with Crippen LogP contribution >= 0.6 is 7.60 Å². The number of aliphatic hydroxyl groups is 1. The molecule has 1 N–H and O–H groups in total. The van der Waals surface area contributed by atoms with E-state index in [1.54, 1.807) is 6.92 Å². The topological polar surface area (TPSA) is 55.8 Å². The van der Waals surface area contributed by atoms with E-state index in [1.807, 2.05) is 13.8 Å². The molecule has 0 aromatic heterocycles. The van der Waals surface area contributed by atoms with Crippen LogP contribution in [0, 0.1) is 0 Å². The average molecular weight is 294 g/mol. The Hall–Kier alpha value is 0.110. The zero-order valence-corrected chi connectivity index (χ0v) is 14.0. The molecule has 0 spiro atoms. The molecular formula is C14H31O4P. The van der Waals surface area contributed by atoms with E-state index in [9.17, 15) is 9.67 Å². The molecule has 116 valence electrons. The third-order valence-corrected chi connectivity index (χ3v) is 5.76. The summed E-state index contributed by atoms with van der Waals surface area (Å²) in [5, 5.41) is 8.90. The van der Waals surface area contributed by atoms with Crippen molar-refractivity contribution in [3.8, 4) is 0 Å². The van der Waals surface area contributed by atoms with E-state index in [2.05, 4.69) is 13.8 Å². The van der Waals surface area contributed by atoms with E-state index in [-0.39, 0.29) is 0 Å². The van der Waals surface area contributed by atoms with Gasteiger partial charge in [0.1, 0.15) is 0 Å². The van der Waals surface area contributed by atoms with Crippen LogP contribution < -0.4 is 0 Å². The van der Waals surface area contributed by atoms with Gasteiger partial charge in [-0.05, 0) is 40.0 Å². The van der Waals surface area contributed by atoms with Crippen LogP contribution in [0.25, 0.3) is 0 Å². The Balaban J connectivity index is 4.75. The van der Waals surface area contributed by atoms with Gasteiger partial charge in [0.05, 0.1) is 24.5 Å². The molecule has 1 unspecified atom stereocenters. The first-order valence-corrected chi connectivity index (χ1v) is 8.90. The van der Waals surface area contributed by atoms with Crippen molar-refractivity contribution in [3.63, 3.8) is 0 Å². The summed E-state index contributed by atoms with van der Waals surface area (Å²) in [6, 6.07) is 0. The van der Waals surface area contributed by atoms with E-state index in [0.717, 1.165) is 25.7 Å². The Morgan fingerprint density at radius 3 is 1.84 bits per heavy atom. The third kappa shape index (κ3) is 6.89. The molecule has 0 heterocycles. The zero-order valence-electron chi connectivity index (χ0n) is 13.1. The van der Waals surface area contributed by atoms with Crippen molar-refractivity contribution in [2.45, 2.75) is 78.0 Å². The van der Waals surface area contributed by atoms with Crippen LogP contribution in [0.2, 0.25) is 0 Å². The first-order valence-electron chi connectivity index (χ1n) is 7.36. The Morgan fingerprint density at radius 2 is 1.53 bits per heavy atom. The molecule has 0 saturated heterocycles. The van der Waals surface area contributed by atoms with E-state index >= 15 is 0 Å². The van der Waals surface area contributed by atoms with E-state index < -0.39 is 18.9 Å². The Morgan fingerprint density at radius 1 is 1.11 bits per heavy atom. The summed E-state index contributed by atoms with van der Waals surface area (Å²) in [6.45, 7) is 10.4. The van der Waals surface area contributed by atoms with Gasteiger partial charge in [0.25, 0.3) is 0 Å². The van der Waals surface area contributed by atoms with Crippen LogP contribution in [-0.2, 0) is 13.6 Å². The molecule has 0 radical (unpaired) electrons. The Bertz CT molecular complexity index is 263. The van der Waals surface area contributed by atoms with Gasteiger partial charge in [-0.25, -0.2) is 0 Å². The molecule has 0 aliphatic heterocycles. The number of unbranched alkanes of at least 4 members (excludes halogenated alkanes) is 2. The average Bonchev–Trinajstić information content (AvgIpc) is 2.28. The second-order valence-corrected chi connectivity index (χ2v) is 8.46. The standard InChI is InChI=1S/C14H31O4P/c1-6-8-10-17-19(16,18-11-9-7-2)14(4,5)12-13(3)15/h13,15H,6-12H2,1-5H3. The minimum atomic E-state index is -3.20. The largest absolute Gasteiger partial charge is 0.393 e. The minimum absolute atomic E-state index is 0.405. The molecule has 0 aromatic carbocycles. The fourth-order valence-corrected chi connectivity index (χ4v) is 3.88. The molecule has 1 atom stereocenters. The first kappa shape index (κ1) is 19.1. The van der Waals surface area contributed by atoms with Gasteiger partial charge >= 0.3 is 7.60 Å². The Labute approximate surface area is 118 Å². The molecule has 0 bridgehead atoms. The van der Waals surface area contributed by atoms with Crippen LogP contribution in [0.1, 0.15) is 66.7 Å². The van der Waals surface area contributed by atoms with Gasteiger partial charge in [-0.3, -0.25) is 4.57 Å². The summed E-state index contributed by atoms with van der Waals surface area (Å²) < 4.78 is 24.2. The lowest BCUT2D eigenvalue weighted by Gasteiger charge is -2.34. The van der Waals surface area contributed by atoms with Crippen molar-refractivity contribution in [2.75, 3.05) is 13.2 Å². The predicted octanol–water partition coefficient (Wildman–Crippen LogP) is 4.36. The fraction of sp³-hybridized carbons (Fsp3) is 1.00. The monoisotopic (exact) mass is 294 g/mol. The molecule has 0 aliphatic carbocycles. The van der Waals surface area contributed by atoms with Gasteiger partial charge in [-0.1, -0.05) is 26.7 Å². The van der Waals surface area contributed by atoms with Crippen LogP contribution in [0.15, 0.2) is 0 Å². The lowest BCUT2D eigenvalue weighted by molar-refractivity contribution is 0.143. The molecular weight excluding hydrogens is 263 g/mol.